The molecule has 0 bridgehead atoms. The van der Waals surface area contributed by atoms with Gasteiger partial charge in [-0.1, -0.05) is 43.3 Å². The van der Waals surface area contributed by atoms with Crippen molar-refractivity contribution in [1.29, 1.82) is 0 Å². The Bertz CT molecular complexity index is 853. The Balaban J connectivity index is 1.73. The fourth-order valence-corrected chi connectivity index (χ4v) is 2.65. The van der Waals surface area contributed by atoms with E-state index < -0.39 is 0 Å². The van der Waals surface area contributed by atoms with Crippen LogP contribution >= 0.6 is 0 Å². The quantitative estimate of drug-likeness (QED) is 0.723. The van der Waals surface area contributed by atoms with E-state index in [1.165, 1.54) is 5.56 Å². The number of H-pyrrole nitrogens is 1. The van der Waals surface area contributed by atoms with E-state index in [2.05, 4.69) is 34.6 Å². The summed E-state index contributed by atoms with van der Waals surface area (Å²) in [6.07, 6.45) is 2.54. The minimum atomic E-state index is -0.161. The fourth-order valence-electron chi connectivity index (χ4n) is 2.65. The molecule has 3 aromatic rings. The van der Waals surface area contributed by atoms with E-state index in [0.29, 0.717) is 12.1 Å². The summed E-state index contributed by atoms with van der Waals surface area (Å²) in [5, 5.41) is 9.90. The number of aromatic amines is 1. The molecular formula is C20H21N3O2. The number of ether oxygens (including phenoxy) is 1. The van der Waals surface area contributed by atoms with Gasteiger partial charge in [0.1, 0.15) is 5.75 Å². The monoisotopic (exact) mass is 335 g/mol. The Morgan fingerprint density at radius 3 is 2.68 bits per heavy atom. The molecule has 2 aromatic carbocycles. The molecule has 0 unspecified atom stereocenters. The highest BCUT2D eigenvalue weighted by molar-refractivity contribution is 5.99. The van der Waals surface area contributed by atoms with Gasteiger partial charge in [-0.05, 0) is 29.7 Å². The number of nitrogens with zero attached hydrogens (tertiary/aromatic N) is 1. The molecule has 25 heavy (non-hydrogen) atoms. The van der Waals surface area contributed by atoms with Crippen molar-refractivity contribution in [2.75, 3.05) is 7.11 Å². The van der Waals surface area contributed by atoms with Crippen LogP contribution in [0.15, 0.2) is 54.7 Å². The number of hydrogen-bond donors (Lipinski definition) is 2. The first-order valence-electron chi connectivity index (χ1n) is 8.25. The minimum absolute atomic E-state index is 0.161. The number of hydrogen-bond acceptors (Lipinski definition) is 3. The molecule has 0 radical (unpaired) electrons. The Morgan fingerprint density at radius 1 is 1.16 bits per heavy atom. The van der Waals surface area contributed by atoms with Gasteiger partial charge in [-0.2, -0.15) is 5.10 Å². The van der Waals surface area contributed by atoms with Crippen molar-refractivity contribution in [2.24, 2.45) is 0 Å². The van der Waals surface area contributed by atoms with Crippen molar-refractivity contribution in [3.63, 3.8) is 0 Å². The molecule has 0 aliphatic heterocycles. The number of nitrogens with one attached hydrogen (secondary N) is 2. The second kappa shape index (κ2) is 7.66. The van der Waals surface area contributed by atoms with Crippen molar-refractivity contribution in [3.05, 3.63) is 71.4 Å². The Labute approximate surface area is 147 Å². The number of amides is 1. The number of aromatic nitrogens is 2. The number of carbonyl (C=O) groups is 1. The molecule has 3 rings (SSSR count). The van der Waals surface area contributed by atoms with Crippen LogP contribution in [0.2, 0.25) is 0 Å². The largest absolute Gasteiger partial charge is 0.497 e. The Hall–Kier alpha value is -3.08. The average molecular weight is 335 g/mol. The van der Waals surface area contributed by atoms with Crippen LogP contribution in [0.4, 0.5) is 0 Å². The molecular weight excluding hydrogens is 314 g/mol. The van der Waals surface area contributed by atoms with Crippen LogP contribution in [0.25, 0.3) is 11.3 Å². The highest BCUT2D eigenvalue weighted by Gasteiger charge is 2.15. The van der Waals surface area contributed by atoms with Crippen molar-refractivity contribution < 1.29 is 9.53 Å². The van der Waals surface area contributed by atoms with E-state index in [-0.39, 0.29) is 5.91 Å². The van der Waals surface area contributed by atoms with Gasteiger partial charge in [-0.3, -0.25) is 9.89 Å². The lowest BCUT2D eigenvalue weighted by atomic mass is 10.0. The third-order valence-electron chi connectivity index (χ3n) is 4.12. The van der Waals surface area contributed by atoms with Gasteiger partial charge in [-0.15, -0.1) is 0 Å². The van der Waals surface area contributed by atoms with Crippen molar-refractivity contribution in [2.45, 2.75) is 19.9 Å². The molecule has 2 N–H and O–H groups in total. The Kier molecular flexibility index (Phi) is 5.14. The third-order valence-corrected chi connectivity index (χ3v) is 4.12. The summed E-state index contributed by atoms with van der Waals surface area (Å²) >= 11 is 0. The van der Waals surface area contributed by atoms with Gasteiger partial charge in [0.2, 0.25) is 0 Å². The molecule has 0 saturated carbocycles. The van der Waals surface area contributed by atoms with Gasteiger partial charge in [0.15, 0.2) is 0 Å². The second-order valence-corrected chi connectivity index (χ2v) is 5.74. The average Bonchev–Trinajstić information content (AvgIpc) is 3.16. The first-order valence-corrected chi connectivity index (χ1v) is 8.25. The van der Waals surface area contributed by atoms with Crippen molar-refractivity contribution in [1.82, 2.24) is 15.5 Å². The van der Waals surface area contributed by atoms with Crippen molar-refractivity contribution in [3.8, 4) is 17.0 Å². The van der Waals surface area contributed by atoms with Gasteiger partial charge in [0.05, 0.1) is 24.6 Å². The molecule has 1 amide bonds. The summed E-state index contributed by atoms with van der Waals surface area (Å²) in [5.74, 6) is 0.609. The lowest BCUT2D eigenvalue weighted by molar-refractivity contribution is 0.0951. The smallest absolute Gasteiger partial charge is 0.255 e. The number of aryl methyl sites for hydroxylation is 1. The fraction of sp³-hybridized carbons (Fsp3) is 0.200. The van der Waals surface area contributed by atoms with Crippen LogP contribution in [0.1, 0.15) is 28.4 Å². The minimum Gasteiger partial charge on any atom is -0.497 e. The first-order chi connectivity index (χ1) is 12.2. The van der Waals surface area contributed by atoms with E-state index in [4.69, 9.17) is 4.74 Å². The summed E-state index contributed by atoms with van der Waals surface area (Å²) in [7, 11) is 1.62. The molecule has 0 atom stereocenters. The number of methoxy groups -OCH3 is 1. The summed E-state index contributed by atoms with van der Waals surface area (Å²) in [6.45, 7) is 2.54. The second-order valence-electron chi connectivity index (χ2n) is 5.74. The van der Waals surface area contributed by atoms with Crippen molar-refractivity contribution >= 4 is 5.91 Å². The maximum Gasteiger partial charge on any atom is 0.255 e. The molecule has 0 aliphatic carbocycles. The molecule has 5 nitrogen and oxygen atoms in total. The molecule has 0 aliphatic rings. The highest BCUT2D eigenvalue weighted by Crippen LogP contribution is 2.22. The van der Waals surface area contributed by atoms with E-state index in [1.807, 2.05) is 36.4 Å². The van der Waals surface area contributed by atoms with E-state index in [0.717, 1.165) is 29.0 Å². The zero-order valence-corrected chi connectivity index (χ0v) is 14.4. The first kappa shape index (κ1) is 16.8. The van der Waals surface area contributed by atoms with Crippen LogP contribution in [0.3, 0.4) is 0 Å². The van der Waals surface area contributed by atoms with Crippen LogP contribution in [-0.4, -0.2) is 23.2 Å². The lowest BCUT2D eigenvalue weighted by Gasteiger charge is -2.08. The van der Waals surface area contributed by atoms with E-state index >= 15 is 0 Å². The lowest BCUT2D eigenvalue weighted by Crippen LogP contribution is -2.23. The molecule has 1 aromatic heterocycles. The van der Waals surface area contributed by atoms with Gasteiger partial charge < -0.3 is 10.1 Å². The van der Waals surface area contributed by atoms with Gasteiger partial charge >= 0.3 is 0 Å². The normalized spacial score (nSPS) is 10.5. The molecule has 128 valence electrons. The number of rotatable bonds is 6. The van der Waals surface area contributed by atoms with Gasteiger partial charge in [-0.25, -0.2) is 0 Å². The van der Waals surface area contributed by atoms with E-state index in [1.54, 1.807) is 13.3 Å². The zero-order chi connectivity index (χ0) is 17.6. The molecule has 0 fully saturated rings. The summed E-state index contributed by atoms with van der Waals surface area (Å²) in [5.41, 5.74) is 4.44. The molecule has 0 saturated heterocycles. The van der Waals surface area contributed by atoms with Crippen LogP contribution in [0.5, 0.6) is 5.75 Å². The maximum atomic E-state index is 12.5. The molecule has 0 spiro atoms. The summed E-state index contributed by atoms with van der Waals surface area (Å²) in [4.78, 5) is 12.5. The number of benzene rings is 2. The topological polar surface area (TPSA) is 67.0 Å². The van der Waals surface area contributed by atoms with Crippen LogP contribution < -0.4 is 10.1 Å². The van der Waals surface area contributed by atoms with Crippen LogP contribution in [0, 0.1) is 0 Å². The molecule has 1 heterocycles. The predicted octanol–water partition coefficient (Wildman–Crippen LogP) is 3.58. The molecule has 5 heteroatoms. The van der Waals surface area contributed by atoms with Crippen LogP contribution in [-0.2, 0) is 13.0 Å². The highest BCUT2D eigenvalue weighted by atomic mass is 16.5. The summed E-state index contributed by atoms with van der Waals surface area (Å²) < 4.78 is 5.20. The predicted molar refractivity (Wildman–Crippen MR) is 97.6 cm³/mol. The van der Waals surface area contributed by atoms with Gasteiger partial charge in [0.25, 0.3) is 5.91 Å². The SMILES string of the molecule is CCc1ccc(-c2[nH]ncc2C(=O)NCc2cccc(OC)c2)cc1. The van der Waals surface area contributed by atoms with E-state index in [9.17, 15) is 4.79 Å². The Morgan fingerprint density at radius 2 is 1.96 bits per heavy atom. The summed E-state index contributed by atoms with van der Waals surface area (Å²) in [6, 6.07) is 15.8. The third kappa shape index (κ3) is 3.88. The maximum absolute atomic E-state index is 12.5. The standard InChI is InChI=1S/C20H21N3O2/c1-3-14-7-9-16(10-8-14)19-18(13-22-23-19)20(24)21-12-15-5-4-6-17(11-15)25-2/h4-11,13H,3,12H2,1-2H3,(H,21,24)(H,22,23). The van der Waals surface area contributed by atoms with Gasteiger partial charge in [0, 0.05) is 12.1 Å². The zero-order valence-electron chi connectivity index (χ0n) is 14.4. The number of carbonyl (C=O) groups excluding carboxylic acids is 1.